The molecule has 3 nitrogen and oxygen atoms in total. The summed E-state index contributed by atoms with van der Waals surface area (Å²) in [6.45, 7) is 0. The molecule has 2 heterocycles. The topological polar surface area (TPSA) is 35.0 Å². The fourth-order valence-electron chi connectivity index (χ4n) is 3.05. The van der Waals surface area contributed by atoms with Crippen molar-refractivity contribution in [3.05, 3.63) is 66.7 Å². The molecule has 0 unspecified atom stereocenters. The molecule has 2 aromatic heterocycles. The third-order valence-corrected chi connectivity index (χ3v) is 5.98. The molecule has 0 atom stereocenters. The van der Waals surface area contributed by atoms with Crippen molar-refractivity contribution in [1.29, 1.82) is 0 Å². The maximum Gasteiger partial charge on any atom is 0.241 e. The summed E-state index contributed by atoms with van der Waals surface area (Å²) in [6.07, 6.45) is 1.98. The van der Waals surface area contributed by atoms with Crippen molar-refractivity contribution in [1.82, 2.24) is 9.97 Å². The smallest absolute Gasteiger partial charge is 0.241 e. The van der Waals surface area contributed by atoms with Crippen LogP contribution in [-0.2, 0) is 0 Å². The van der Waals surface area contributed by atoms with Crippen LogP contribution in [0.5, 0.6) is 11.6 Å². The summed E-state index contributed by atoms with van der Waals surface area (Å²) in [5.74, 6) is 1.41. The fraction of sp³-hybridized carbons (Fsp3) is 0.0476. The van der Waals surface area contributed by atoms with Crippen LogP contribution in [-0.4, -0.2) is 16.2 Å². The Kier molecular flexibility index (Phi) is 3.76. The van der Waals surface area contributed by atoms with Gasteiger partial charge in [-0.1, -0.05) is 60.3 Å². The number of fused-ring (bicyclic) bond motifs is 4. The predicted molar refractivity (Wildman–Crippen MR) is 111 cm³/mol. The molecule has 0 bridgehead atoms. The van der Waals surface area contributed by atoms with Crippen molar-refractivity contribution < 1.29 is 4.74 Å². The molecule has 0 spiro atoms. The molecule has 5 rings (SSSR count). The second-order valence-corrected chi connectivity index (χ2v) is 7.73. The third kappa shape index (κ3) is 2.60. The molecule has 3 aromatic carbocycles. The van der Waals surface area contributed by atoms with E-state index in [0.717, 1.165) is 31.9 Å². The molecule has 0 saturated heterocycles. The molecule has 5 aromatic rings. The summed E-state index contributed by atoms with van der Waals surface area (Å²) in [5.41, 5.74) is 0.959. The van der Waals surface area contributed by atoms with Crippen molar-refractivity contribution in [3.63, 3.8) is 0 Å². The lowest BCUT2D eigenvalue weighted by Gasteiger charge is -2.08. The highest BCUT2D eigenvalue weighted by atomic mass is 32.2. The molecule has 0 aliphatic carbocycles. The molecule has 126 valence electrons. The number of nitrogens with zero attached hydrogens (tertiary/aromatic N) is 2. The molecule has 0 amide bonds. The number of benzene rings is 3. The van der Waals surface area contributed by atoms with Gasteiger partial charge in [-0.2, -0.15) is 4.98 Å². The van der Waals surface area contributed by atoms with E-state index in [1.807, 2.05) is 36.6 Å². The summed E-state index contributed by atoms with van der Waals surface area (Å²) < 4.78 is 8.39. The molecule has 26 heavy (non-hydrogen) atoms. The van der Waals surface area contributed by atoms with Gasteiger partial charge in [0.05, 0.1) is 5.52 Å². The molecule has 0 saturated carbocycles. The van der Waals surface area contributed by atoms with Crippen LogP contribution >= 0.6 is 23.1 Å². The van der Waals surface area contributed by atoms with Crippen LogP contribution < -0.4 is 4.74 Å². The van der Waals surface area contributed by atoms with Gasteiger partial charge in [0.2, 0.25) is 5.88 Å². The van der Waals surface area contributed by atoms with E-state index in [1.54, 1.807) is 11.3 Å². The highest BCUT2D eigenvalue weighted by Crippen LogP contribution is 2.39. The van der Waals surface area contributed by atoms with Crippen LogP contribution in [0.4, 0.5) is 0 Å². The van der Waals surface area contributed by atoms with E-state index in [0.29, 0.717) is 5.88 Å². The number of ether oxygens (including phenoxy) is 1. The minimum Gasteiger partial charge on any atom is -0.437 e. The maximum atomic E-state index is 6.22. The van der Waals surface area contributed by atoms with Crippen LogP contribution in [0.3, 0.4) is 0 Å². The average Bonchev–Trinajstić information content (AvgIpc) is 3.07. The van der Waals surface area contributed by atoms with E-state index >= 15 is 0 Å². The van der Waals surface area contributed by atoms with Crippen LogP contribution in [0.15, 0.2) is 71.9 Å². The van der Waals surface area contributed by atoms with Crippen LogP contribution in [0.1, 0.15) is 0 Å². The standard InChI is InChI=1S/C21H14N2OS2/c1-25-21-22-18-16-8-4-5-9-17(16)26-19(18)20(23-21)24-15-11-10-13-6-2-3-7-14(13)12-15/h2-12H,1H3. The van der Waals surface area contributed by atoms with Gasteiger partial charge in [0.15, 0.2) is 5.16 Å². The van der Waals surface area contributed by atoms with E-state index in [4.69, 9.17) is 9.72 Å². The normalized spacial score (nSPS) is 11.4. The van der Waals surface area contributed by atoms with E-state index < -0.39 is 0 Å². The molecule has 0 N–H and O–H groups in total. The van der Waals surface area contributed by atoms with Gasteiger partial charge in [-0.3, -0.25) is 0 Å². The summed E-state index contributed by atoms with van der Waals surface area (Å²) in [4.78, 5) is 9.35. The minimum atomic E-state index is 0.621. The van der Waals surface area contributed by atoms with Gasteiger partial charge in [-0.25, -0.2) is 4.98 Å². The first-order chi connectivity index (χ1) is 12.8. The Morgan fingerprint density at radius 3 is 2.58 bits per heavy atom. The second kappa shape index (κ2) is 6.27. The van der Waals surface area contributed by atoms with Crippen molar-refractivity contribution in [2.75, 3.05) is 6.26 Å². The maximum absolute atomic E-state index is 6.22. The Morgan fingerprint density at radius 1 is 0.885 bits per heavy atom. The van der Waals surface area contributed by atoms with E-state index in [9.17, 15) is 0 Å². The molecule has 0 fully saturated rings. The van der Waals surface area contributed by atoms with Crippen molar-refractivity contribution in [2.24, 2.45) is 0 Å². The summed E-state index contributed by atoms with van der Waals surface area (Å²) >= 11 is 3.20. The van der Waals surface area contributed by atoms with Gasteiger partial charge in [-0.15, -0.1) is 11.3 Å². The summed E-state index contributed by atoms with van der Waals surface area (Å²) in [7, 11) is 0. The third-order valence-electron chi connectivity index (χ3n) is 4.29. The van der Waals surface area contributed by atoms with Gasteiger partial charge in [-0.05, 0) is 35.2 Å². The monoisotopic (exact) mass is 374 g/mol. The number of aromatic nitrogens is 2. The number of thiophene rings is 1. The summed E-state index contributed by atoms with van der Waals surface area (Å²) in [6, 6.07) is 22.7. The molecule has 0 aliphatic heterocycles. The van der Waals surface area contributed by atoms with E-state index in [1.165, 1.54) is 21.8 Å². The first-order valence-electron chi connectivity index (χ1n) is 8.22. The quantitative estimate of drug-likeness (QED) is 0.266. The Morgan fingerprint density at radius 2 is 1.69 bits per heavy atom. The molecular weight excluding hydrogens is 360 g/mol. The van der Waals surface area contributed by atoms with E-state index in [2.05, 4.69) is 41.4 Å². The van der Waals surface area contributed by atoms with Crippen molar-refractivity contribution >= 4 is 54.2 Å². The molecule has 5 heteroatoms. The average molecular weight is 374 g/mol. The van der Waals surface area contributed by atoms with Gasteiger partial charge in [0.1, 0.15) is 10.4 Å². The lowest BCUT2D eigenvalue weighted by atomic mass is 10.1. The zero-order chi connectivity index (χ0) is 17.5. The Bertz CT molecular complexity index is 1260. The highest BCUT2D eigenvalue weighted by molar-refractivity contribution is 7.98. The number of hydrogen-bond donors (Lipinski definition) is 0. The number of rotatable bonds is 3. The Labute approximate surface area is 158 Å². The number of hydrogen-bond acceptors (Lipinski definition) is 5. The predicted octanol–water partition coefficient (Wildman–Crippen LogP) is 6.51. The number of thioether (sulfide) groups is 1. The first-order valence-corrected chi connectivity index (χ1v) is 10.3. The van der Waals surface area contributed by atoms with Crippen molar-refractivity contribution in [3.8, 4) is 11.6 Å². The first kappa shape index (κ1) is 15.6. The lowest BCUT2D eigenvalue weighted by molar-refractivity contribution is 0.464. The van der Waals surface area contributed by atoms with Crippen LogP contribution in [0, 0.1) is 0 Å². The van der Waals surface area contributed by atoms with Gasteiger partial charge in [0.25, 0.3) is 0 Å². The Balaban J connectivity index is 1.69. The fourth-order valence-corrected chi connectivity index (χ4v) is 4.47. The lowest BCUT2D eigenvalue weighted by Crippen LogP contribution is -1.93. The molecule has 0 aliphatic rings. The van der Waals surface area contributed by atoms with Gasteiger partial charge in [0, 0.05) is 10.1 Å². The Hall–Kier alpha value is -2.63. The SMILES string of the molecule is CSc1nc(Oc2ccc3ccccc3c2)c2sc3ccccc3c2n1. The second-order valence-electron chi connectivity index (χ2n) is 5.90. The highest BCUT2D eigenvalue weighted by Gasteiger charge is 2.15. The van der Waals surface area contributed by atoms with Crippen LogP contribution in [0.2, 0.25) is 0 Å². The molecule has 0 radical (unpaired) electrons. The van der Waals surface area contributed by atoms with E-state index in [-0.39, 0.29) is 0 Å². The van der Waals surface area contributed by atoms with Gasteiger partial charge < -0.3 is 4.74 Å². The zero-order valence-corrected chi connectivity index (χ0v) is 15.6. The minimum absolute atomic E-state index is 0.621. The summed E-state index contributed by atoms with van der Waals surface area (Å²) in [5, 5.41) is 4.21. The van der Waals surface area contributed by atoms with Crippen molar-refractivity contribution in [2.45, 2.75) is 5.16 Å². The van der Waals surface area contributed by atoms with Crippen LogP contribution in [0.25, 0.3) is 31.1 Å². The largest absolute Gasteiger partial charge is 0.437 e. The molecular formula is C21H14N2OS2. The van der Waals surface area contributed by atoms with Gasteiger partial charge >= 0.3 is 0 Å². The zero-order valence-electron chi connectivity index (χ0n) is 14.0.